The van der Waals surface area contributed by atoms with Gasteiger partial charge in [0.1, 0.15) is 11.5 Å². The Hall–Kier alpha value is -3.53. The van der Waals surface area contributed by atoms with Crippen LogP contribution in [0.1, 0.15) is 17.5 Å². The quantitative estimate of drug-likeness (QED) is 0.753. The van der Waals surface area contributed by atoms with Crippen LogP contribution in [0.2, 0.25) is 0 Å². The van der Waals surface area contributed by atoms with Gasteiger partial charge >= 0.3 is 0 Å². The number of hydrogen-bond acceptors (Lipinski definition) is 5. The average molecular weight is 393 g/mol. The van der Waals surface area contributed by atoms with Crippen molar-refractivity contribution in [1.29, 1.82) is 5.26 Å². The van der Waals surface area contributed by atoms with E-state index in [9.17, 15) is 9.59 Å². The van der Waals surface area contributed by atoms with Crippen LogP contribution in [-0.2, 0) is 16.1 Å². The molecular weight excluding hydrogens is 370 g/mol. The molecule has 0 spiro atoms. The van der Waals surface area contributed by atoms with Crippen molar-refractivity contribution in [2.75, 3.05) is 32.7 Å². The minimum absolute atomic E-state index is 0.106. The van der Waals surface area contributed by atoms with Gasteiger partial charge < -0.3 is 19.3 Å². The number of hydrogen-bond donors (Lipinski definition) is 0. The fourth-order valence-electron chi connectivity index (χ4n) is 3.52. The summed E-state index contributed by atoms with van der Waals surface area (Å²) in [4.78, 5) is 28.8. The SMILES string of the molecule is COc1ccc(OC)c(N2CC(C(=O)N(C)Cc3cccc(C#N)c3)CC2=O)c1. The molecule has 1 saturated heterocycles. The minimum atomic E-state index is -0.442. The van der Waals surface area contributed by atoms with Crippen molar-refractivity contribution in [1.82, 2.24) is 4.90 Å². The van der Waals surface area contributed by atoms with E-state index in [-0.39, 0.29) is 24.8 Å². The highest BCUT2D eigenvalue weighted by molar-refractivity contribution is 6.01. The van der Waals surface area contributed by atoms with Gasteiger partial charge in [-0.2, -0.15) is 5.26 Å². The maximum absolute atomic E-state index is 12.9. The van der Waals surface area contributed by atoms with E-state index in [0.717, 1.165) is 5.56 Å². The second-order valence-corrected chi connectivity index (χ2v) is 6.95. The maximum atomic E-state index is 12.9. The Bertz CT molecular complexity index is 967. The predicted octanol–water partition coefficient (Wildman–Crippen LogP) is 2.59. The zero-order valence-electron chi connectivity index (χ0n) is 16.7. The molecule has 1 aliphatic rings. The molecule has 0 saturated carbocycles. The molecule has 29 heavy (non-hydrogen) atoms. The van der Waals surface area contributed by atoms with Gasteiger partial charge in [-0.1, -0.05) is 12.1 Å². The largest absolute Gasteiger partial charge is 0.497 e. The molecule has 0 aliphatic carbocycles. The number of carbonyl (C=O) groups is 2. The number of nitrogens with zero attached hydrogens (tertiary/aromatic N) is 3. The molecule has 0 N–H and O–H groups in total. The standard InChI is InChI=1S/C22H23N3O4/c1-24(13-16-6-4-5-15(9-16)12-23)22(27)17-10-21(26)25(14-17)19-11-18(28-2)7-8-20(19)29-3/h4-9,11,17H,10,13-14H2,1-3H3. The number of carbonyl (C=O) groups excluding carboxylic acids is 2. The first-order valence-corrected chi connectivity index (χ1v) is 9.23. The lowest BCUT2D eigenvalue weighted by Gasteiger charge is -2.23. The van der Waals surface area contributed by atoms with Crippen LogP contribution in [0.15, 0.2) is 42.5 Å². The van der Waals surface area contributed by atoms with E-state index >= 15 is 0 Å². The van der Waals surface area contributed by atoms with Crippen LogP contribution in [0.4, 0.5) is 5.69 Å². The van der Waals surface area contributed by atoms with Crippen LogP contribution >= 0.6 is 0 Å². The zero-order valence-corrected chi connectivity index (χ0v) is 16.7. The summed E-state index contributed by atoms with van der Waals surface area (Å²) in [6, 6.07) is 14.5. The van der Waals surface area contributed by atoms with E-state index in [1.807, 2.05) is 6.07 Å². The number of anilines is 1. The second-order valence-electron chi connectivity index (χ2n) is 6.95. The molecule has 2 aromatic carbocycles. The molecule has 150 valence electrons. The van der Waals surface area contributed by atoms with E-state index in [1.54, 1.807) is 60.4 Å². The van der Waals surface area contributed by atoms with E-state index < -0.39 is 5.92 Å². The third-order valence-corrected chi connectivity index (χ3v) is 5.00. The third-order valence-electron chi connectivity index (χ3n) is 5.00. The first-order chi connectivity index (χ1) is 14.0. The van der Waals surface area contributed by atoms with E-state index in [0.29, 0.717) is 29.3 Å². The van der Waals surface area contributed by atoms with Crippen molar-refractivity contribution in [2.24, 2.45) is 5.92 Å². The van der Waals surface area contributed by atoms with Gasteiger partial charge in [0, 0.05) is 32.6 Å². The predicted molar refractivity (Wildman–Crippen MR) is 108 cm³/mol. The van der Waals surface area contributed by atoms with Crippen LogP contribution in [-0.4, -0.2) is 44.5 Å². The zero-order chi connectivity index (χ0) is 21.0. The normalized spacial score (nSPS) is 15.7. The van der Waals surface area contributed by atoms with E-state index in [1.165, 1.54) is 7.11 Å². The summed E-state index contributed by atoms with van der Waals surface area (Å²) < 4.78 is 10.6. The number of rotatable bonds is 6. The molecule has 7 heteroatoms. The molecule has 3 rings (SSSR count). The molecule has 0 bridgehead atoms. The van der Waals surface area contributed by atoms with Crippen molar-refractivity contribution in [3.8, 4) is 17.6 Å². The summed E-state index contributed by atoms with van der Waals surface area (Å²) in [6.45, 7) is 0.658. The van der Waals surface area contributed by atoms with E-state index in [4.69, 9.17) is 14.7 Å². The molecule has 2 aromatic rings. The van der Waals surface area contributed by atoms with Gasteiger partial charge in [-0.3, -0.25) is 9.59 Å². The number of nitriles is 1. The Labute approximate surface area is 170 Å². The van der Waals surface area contributed by atoms with Gasteiger partial charge in [0.05, 0.1) is 37.5 Å². The summed E-state index contributed by atoms with van der Waals surface area (Å²) in [6.07, 6.45) is 0.141. The molecule has 1 heterocycles. The van der Waals surface area contributed by atoms with Gasteiger partial charge in [-0.25, -0.2) is 0 Å². The molecule has 1 fully saturated rings. The average Bonchev–Trinajstić information content (AvgIpc) is 3.14. The number of methoxy groups -OCH3 is 2. The van der Waals surface area contributed by atoms with Crippen LogP contribution in [0.5, 0.6) is 11.5 Å². The summed E-state index contributed by atoms with van der Waals surface area (Å²) >= 11 is 0. The van der Waals surface area contributed by atoms with Crippen molar-refractivity contribution in [3.63, 3.8) is 0 Å². The van der Waals surface area contributed by atoms with Gasteiger partial charge in [0.15, 0.2) is 0 Å². The third kappa shape index (κ3) is 4.32. The summed E-state index contributed by atoms with van der Waals surface area (Å²) in [5, 5.41) is 9.03. The molecule has 1 aliphatic heterocycles. The summed E-state index contributed by atoms with van der Waals surface area (Å²) in [5.41, 5.74) is 2.02. The van der Waals surface area contributed by atoms with Crippen LogP contribution in [0.25, 0.3) is 0 Å². The first-order valence-electron chi connectivity index (χ1n) is 9.23. The molecule has 1 atom stereocenters. The lowest BCUT2D eigenvalue weighted by atomic mass is 10.1. The molecule has 0 radical (unpaired) electrons. The van der Waals surface area contributed by atoms with Gasteiger partial charge in [-0.05, 0) is 29.8 Å². The Morgan fingerprint density at radius 2 is 2.03 bits per heavy atom. The lowest BCUT2D eigenvalue weighted by Crippen LogP contribution is -2.34. The monoisotopic (exact) mass is 393 g/mol. The summed E-state index contributed by atoms with van der Waals surface area (Å²) in [5.74, 6) is 0.481. The molecule has 7 nitrogen and oxygen atoms in total. The molecule has 1 unspecified atom stereocenters. The number of benzene rings is 2. The minimum Gasteiger partial charge on any atom is -0.497 e. The lowest BCUT2D eigenvalue weighted by molar-refractivity contribution is -0.135. The van der Waals surface area contributed by atoms with Gasteiger partial charge in [0.25, 0.3) is 0 Å². The van der Waals surface area contributed by atoms with Crippen molar-refractivity contribution >= 4 is 17.5 Å². The Morgan fingerprint density at radius 1 is 1.24 bits per heavy atom. The maximum Gasteiger partial charge on any atom is 0.228 e. The smallest absolute Gasteiger partial charge is 0.228 e. The fourth-order valence-corrected chi connectivity index (χ4v) is 3.52. The first kappa shape index (κ1) is 20.2. The van der Waals surface area contributed by atoms with Crippen LogP contribution in [0.3, 0.4) is 0 Å². The van der Waals surface area contributed by atoms with Crippen molar-refractivity contribution < 1.29 is 19.1 Å². The molecule has 2 amide bonds. The highest BCUT2D eigenvalue weighted by atomic mass is 16.5. The van der Waals surface area contributed by atoms with Crippen LogP contribution < -0.4 is 14.4 Å². The molecule has 0 aromatic heterocycles. The fraction of sp³-hybridized carbons (Fsp3) is 0.318. The van der Waals surface area contributed by atoms with Gasteiger partial charge in [0.2, 0.25) is 11.8 Å². The molecular formula is C22H23N3O4. The van der Waals surface area contributed by atoms with Crippen LogP contribution in [0, 0.1) is 17.2 Å². The topological polar surface area (TPSA) is 82.9 Å². The highest BCUT2D eigenvalue weighted by Gasteiger charge is 2.37. The van der Waals surface area contributed by atoms with E-state index in [2.05, 4.69) is 6.07 Å². The Morgan fingerprint density at radius 3 is 2.72 bits per heavy atom. The van der Waals surface area contributed by atoms with Crippen molar-refractivity contribution in [2.45, 2.75) is 13.0 Å². The van der Waals surface area contributed by atoms with Crippen molar-refractivity contribution in [3.05, 3.63) is 53.6 Å². The second kappa shape index (κ2) is 8.65. The number of amides is 2. The highest BCUT2D eigenvalue weighted by Crippen LogP contribution is 2.36. The number of ether oxygens (including phenoxy) is 2. The Kier molecular flexibility index (Phi) is 6.03. The summed E-state index contributed by atoms with van der Waals surface area (Å²) in [7, 11) is 4.80. The van der Waals surface area contributed by atoms with Gasteiger partial charge in [-0.15, -0.1) is 0 Å². The Balaban J connectivity index is 1.74.